The Morgan fingerprint density at radius 1 is 1.00 bits per heavy atom. The van der Waals surface area contributed by atoms with E-state index in [-0.39, 0.29) is 17.7 Å². The van der Waals surface area contributed by atoms with Crippen LogP contribution >= 0.6 is 0 Å². The molecule has 0 fully saturated rings. The molecule has 0 spiro atoms. The molecular weight excluding hydrogens is 372 g/mol. The third kappa shape index (κ3) is 3.50. The van der Waals surface area contributed by atoms with Crippen LogP contribution in [0.15, 0.2) is 72.8 Å². The molecule has 3 aromatic rings. The van der Waals surface area contributed by atoms with Crippen LogP contribution in [0.4, 0.5) is 11.4 Å². The van der Waals surface area contributed by atoms with Gasteiger partial charge in [0.1, 0.15) is 0 Å². The fraction of sp³-hybridized carbons (Fsp3) is 0.231. The van der Waals surface area contributed by atoms with E-state index in [9.17, 15) is 9.59 Å². The number of nitrogens with one attached hydrogen (secondary N) is 1. The van der Waals surface area contributed by atoms with Crippen LogP contribution in [0.2, 0.25) is 0 Å². The van der Waals surface area contributed by atoms with Crippen LogP contribution in [0, 0.1) is 0 Å². The Kier molecular flexibility index (Phi) is 4.83. The largest absolute Gasteiger partial charge is 0.326 e. The smallest absolute Gasteiger partial charge is 0.228 e. The Morgan fingerprint density at radius 3 is 2.67 bits per heavy atom. The Bertz CT molecular complexity index is 1110. The summed E-state index contributed by atoms with van der Waals surface area (Å²) in [6.07, 6.45) is 2.61. The number of aryl methyl sites for hydroxylation is 1. The van der Waals surface area contributed by atoms with Gasteiger partial charge in [-0.05, 0) is 47.2 Å². The number of carbonyl (C=O) groups excluding carboxylic acids is 2. The van der Waals surface area contributed by atoms with Gasteiger partial charge < -0.3 is 10.2 Å². The lowest BCUT2D eigenvalue weighted by atomic mass is 9.93. The first-order valence-electron chi connectivity index (χ1n) is 10.5. The van der Waals surface area contributed by atoms with E-state index in [1.54, 1.807) is 0 Å². The fourth-order valence-electron chi connectivity index (χ4n) is 4.63. The number of hydrogen-bond donors (Lipinski definition) is 1. The lowest BCUT2D eigenvalue weighted by Gasteiger charge is -2.18. The Labute approximate surface area is 176 Å². The number of para-hydroxylation sites is 1. The molecule has 0 aliphatic carbocycles. The molecule has 150 valence electrons. The van der Waals surface area contributed by atoms with Crippen molar-refractivity contribution < 1.29 is 9.59 Å². The van der Waals surface area contributed by atoms with Gasteiger partial charge in [-0.25, -0.2) is 0 Å². The molecule has 1 N–H and O–H groups in total. The molecular formula is C26H24N2O2. The van der Waals surface area contributed by atoms with Crippen LogP contribution in [0.25, 0.3) is 0 Å². The SMILES string of the molecule is O=C1Cc2cc(CCCC(=O)N3CC(c4ccccc4)c4ccccc43)ccc2N1. The fourth-order valence-corrected chi connectivity index (χ4v) is 4.63. The zero-order valence-electron chi connectivity index (χ0n) is 16.8. The molecule has 3 aromatic carbocycles. The van der Waals surface area contributed by atoms with Gasteiger partial charge in [0.2, 0.25) is 11.8 Å². The summed E-state index contributed by atoms with van der Waals surface area (Å²) in [5, 5.41) is 2.86. The standard InChI is InChI=1S/C26H24N2O2/c29-25-16-20-15-18(13-14-23(20)27-25)7-6-12-26(30)28-17-22(19-8-2-1-3-9-19)21-10-4-5-11-24(21)28/h1-5,8-11,13-15,22H,6-7,12,16-17H2,(H,27,29). The van der Waals surface area contributed by atoms with Crippen molar-refractivity contribution >= 4 is 23.2 Å². The van der Waals surface area contributed by atoms with E-state index >= 15 is 0 Å². The second-order valence-electron chi connectivity index (χ2n) is 8.10. The van der Waals surface area contributed by atoms with Crippen molar-refractivity contribution in [3.05, 3.63) is 95.1 Å². The monoisotopic (exact) mass is 396 g/mol. The van der Waals surface area contributed by atoms with Crippen LogP contribution in [0.5, 0.6) is 0 Å². The van der Waals surface area contributed by atoms with Crippen LogP contribution in [0.1, 0.15) is 41.0 Å². The lowest BCUT2D eigenvalue weighted by Crippen LogP contribution is -2.29. The van der Waals surface area contributed by atoms with Crippen molar-refractivity contribution in [1.29, 1.82) is 0 Å². The number of anilines is 2. The Balaban J connectivity index is 1.26. The first-order chi connectivity index (χ1) is 14.7. The molecule has 2 aliphatic rings. The number of fused-ring (bicyclic) bond motifs is 2. The van der Waals surface area contributed by atoms with Crippen LogP contribution in [-0.2, 0) is 22.4 Å². The third-order valence-corrected chi connectivity index (χ3v) is 6.12. The normalized spacial score (nSPS) is 16.9. The summed E-state index contributed by atoms with van der Waals surface area (Å²) in [5.74, 6) is 0.463. The second kappa shape index (κ2) is 7.79. The zero-order valence-corrected chi connectivity index (χ0v) is 16.8. The van der Waals surface area contributed by atoms with Crippen molar-refractivity contribution in [2.45, 2.75) is 31.6 Å². The van der Waals surface area contributed by atoms with E-state index in [1.807, 2.05) is 29.2 Å². The van der Waals surface area contributed by atoms with Crippen LogP contribution < -0.4 is 10.2 Å². The molecule has 2 aliphatic heterocycles. The zero-order chi connectivity index (χ0) is 20.5. The molecule has 0 radical (unpaired) electrons. The molecule has 30 heavy (non-hydrogen) atoms. The maximum atomic E-state index is 13.1. The molecule has 5 rings (SSSR count). The molecule has 0 aromatic heterocycles. The molecule has 4 heteroatoms. The van der Waals surface area contributed by atoms with Gasteiger partial charge in [0.15, 0.2) is 0 Å². The van der Waals surface area contributed by atoms with Gasteiger partial charge in [0.05, 0.1) is 6.42 Å². The molecule has 0 bridgehead atoms. The first-order valence-corrected chi connectivity index (χ1v) is 10.5. The summed E-state index contributed by atoms with van der Waals surface area (Å²) in [7, 11) is 0. The lowest BCUT2D eigenvalue weighted by molar-refractivity contribution is -0.118. The number of rotatable bonds is 5. The minimum absolute atomic E-state index is 0.0537. The summed E-state index contributed by atoms with van der Waals surface area (Å²) in [5.41, 5.74) is 6.68. The minimum Gasteiger partial charge on any atom is -0.326 e. The molecule has 4 nitrogen and oxygen atoms in total. The van der Waals surface area contributed by atoms with Crippen molar-refractivity contribution in [2.24, 2.45) is 0 Å². The summed E-state index contributed by atoms with van der Waals surface area (Å²) in [4.78, 5) is 26.6. The highest BCUT2D eigenvalue weighted by Gasteiger charge is 2.32. The van der Waals surface area contributed by atoms with Crippen LogP contribution in [-0.4, -0.2) is 18.4 Å². The molecule has 2 heterocycles. The highest BCUT2D eigenvalue weighted by Crippen LogP contribution is 2.40. The summed E-state index contributed by atoms with van der Waals surface area (Å²) in [6, 6.07) is 24.8. The van der Waals surface area contributed by atoms with Crippen molar-refractivity contribution in [3.63, 3.8) is 0 Å². The number of amides is 2. The highest BCUT2D eigenvalue weighted by molar-refractivity contribution is 5.99. The van der Waals surface area contributed by atoms with Crippen molar-refractivity contribution in [3.8, 4) is 0 Å². The molecule has 0 saturated carbocycles. The van der Waals surface area contributed by atoms with Gasteiger partial charge in [-0.3, -0.25) is 9.59 Å². The van der Waals surface area contributed by atoms with E-state index < -0.39 is 0 Å². The molecule has 1 atom stereocenters. The maximum Gasteiger partial charge on any atom is 0.228 e. The van der Waals surface area contributed by atoms with Gasteiger partial charge in [-0.1, -0.05) is 60.7 Å². The van der Waals surface area contributed by atoms with Crippen molar-refractivity contribution in [2.75, 3.05) is 16.8 Å². The van der Waals surface area contributed by atoms with Gasteiger partial charge >= 0.3 is 0 Å². The number of benzene rings is 3. The summed E-state index contributed by atoms with van der Waals surface area (Å²) < 4.78 is 0. The average molecular weight is 396 g/mol. The Morgan fingerprint density at radius 2 is 1.80 bits per heavy atom. The van der Waals surface area contributed by atoms with Gasteiger partial charge in [0.25, 0.3) is 0 Å². The summed E-state index contributed by atoms with van der Waals surface area (Å²) in [6.45, 7) is 0.703. The third-order valence-electron chi connectivity index (χ3n) is 6.12. The van der Waals surface area contributed by atoms with E-state index in [2.05, 4.69) is 53.8 Å². The van der Waals surface area contributed by atoms with E-state index in [0.29, 0.717) is 19.4 Å². The van der Waals surface area contributed by atoms with Gasteiger partial charge in [-0.2, -0.15) is 0 Å². The maximum absolute atomic E-state index is 13.1. The predicted octanol–water partition coefficient (Wildman–Crippen LogP) is 4.68. The van der Waals surface area contributed by atoms with E-state index in [0.717, 1.165) is 29.8 Å². The first kappa shape index (κ1) is 18.6. The topological polar surface area (TPSA) is 49.4 Å². The molecule has 1 unspecified atom stereocenters. The quantitative estimate of drug-likeness (QED) is 0.681. The Hall–Kier alpha value is -3.40. The average Bonchev–Trinajstić information content (AvgIpc) is 3.34. The number of carbonyl (C=O) groups is 2. The molecule has 2 amide bonds. The van der Waals surface area contributed by atoms with Crippen LogP contribution in [0.3, 0.4) is 0 Å². The highest BCUT2D eigenvalue weighted by atomic mass is 16.2. The number of nitrogens with zero attached hydrogens (tertiary/aromatic N) is 1. The van der Waals surface area contributed by atoms with Crippen molar-refractivity contribution in [1.82, 2.24) is 0 Å². The minimum atomic E-state index is 0.0537. The second-order valence-corrected chi connectivity index (χ2v) is 8.10. The van der Waals surface area contributed by atoms with E-state index in [1.165, 1.54) is 16.7 Å². The molecule has 0 saturated heterocycles. The predicted molar refractivity (Wildman–Crippen MR) is 119 cm³/mol. The summed E-state index contributed by atoms with van der Waals surface area (Å²) >= 11 is 0. The van der Waals surface area contributed by atoms with E-state index in [4.69, 9.17) is 0 Å². The number of hydrogen-bond acceptors (Lipinski definition) is 2. The van der Waals surface area contributed by atoms with Gasteiger partial charge in [0, 0.05) is 30.3 Å². The van der Waals surface area contributed by atoms with Gasteiger partial charge in [-0.15, -0.1) is 0 Å².